The molecule has 0 spiro atoms. The van der Waals surface area contributed by atoms with Crippen molar-refractivity contribution >= 4 is 0 Å². The van der Waals surface area contributed by atoms with E-state index in [9.17, 15) is 0 Å². The fraction of sp³-hybridized carbons (Fsp3) is 0.519. The molecule has 0 N–H and O–H groups in total. The fourth-order valence-corrected chi connectivity index (χ4v) is 4.47. The van der Waals surface area contributed by atoms with Crippen LogP contribution in [0.25, 0.3) is 11.1 Å². The molecule has 0 amide bonds. The van der Waals surface area contributed by atoms with E-state index in [0.717, 1.165) is 0 Å². The van der Waals surface area contributed by atoms with Gasteiger partial charge in [-0.25, -0.2) is 0 Å². The minimum atomic E-state index is 0.403. The van der Waals surface area contributed by atoms with E-state index in [0.29, 0.717) is 23.7 Å². The molecule has 1 atom stereocenters. The Morgan fingerprint density at radius 2 is 1.52 bits per heavy atom. The Morgan fingerprint density at radius 1 is 0.897 bits per heavy atom. The first kappa shape index (κ1) is 21.6. The summed E-state index contributed by atoms with van der Waals surface area (Å²) in [5.41, 5.74) is 4.54. The normalized spacial score (nSPS) is 20.2. The van der Waals surface area contributed by atoms with Crippen molar-refractivity contribution in [1.29, 1.82) is 5.26 Å². The summed E-state index contributed by atoms with van der Waals surface area (Å²) in [5.74, 6) is 0.657. The van der Waals surface area contributed by atoms with Crippen molar-refractivity contribution in [3.05, 3.63) is 59.7 Å². The number of nitriles is 1. The molecule has 1 fully saturated rings. The van der Waals surface area contributed by atoms with Gasteiger partial charge in [-0.2, -0.15) is 5.26 Å². The number of nitrogens with zero attached hydrogens (tertiary/aromatic N) is 1. The standard InChI is InChI=1S/C27H35NO/c1-3-4-5-6-7-21(2)29-27-18-16-26(17-19-27)25-14-12-24(13-15-25)23-10-8-22(20-28)9-11-23/h8-15,21,26-27H,3-7,16-19H2,1-2H3. The molecule has 1 saturated carbocycles. The van der Waals surface area contributed by atoms with E-state index >= 15 is 0 Å². The van der Waals surface area contributed by atoms with Crippen LogP contribution in [-0.4, -0.2) is 12.2 Å². The van der Waals surface area contributed by atoms with Crippen LogP contribution < -0.4 is 0 Å². The molecule has 0 aromatic heterocycles. The Hall–Kier alpha value is -2.11. The van der Waals surface area contributed by atoms with Crippen LogP contribution in [0.15, 0.2) is 48.5 Å². The molecule has 1 aliphatic rings. The van der Waals surface area contributed by atoms with Crippen LogP contribution in [0.1, 0.15) is 88.7 Å². The van der Waals surface area contributed by atoms with Crippen molar-refractivity contribution in [2.75, 3.05) is 0 Å². The molecule has 3 rings (SSSR count). The SMILES string of the molecule is CCCCCCC(C)OC1CCC(c2ccc(-c3ccc(C#N)cc3)cc2)CC1. The topological polar surface area (TPSA) is 33.0 Å². The van der Waals surface area contributed by atoms with Crippen molar-refractivity contribution in [1.82, 2.24) is 0 Å². The van der Waals surface area contributed by atoms with Crippen molar-refractivity contribution < 1.29 is 4.74 Å². The highest BCUT2D eigenvalue weighted by atomic mass is 16.5. The van der Waals surface area contributed by atoms with E-state index in [1.165, 1.54) is 74.5 Å². The van der Waals surface area contributed by atoms with Crippen molar-refractivity contribution in [3.8, 4) is 17.2 Å². The minimum absolute atomic E-state index is 0.403. The van der Waals surface area contributed by atoms with E-state index in [4.69, 9.17) is 10.00 Å². The molecule has 2 nitrogen and oxygen atoms in total. The first-order valence-electron chi connectivity index (χ1n) is 11.5. The summed E-state index contributed by atoms with van der Waals surface area (Å²) in [6.07, 6.45) is 12.2. The number of rotatable bonds is 9. The molecule has 154 valence electrons. The lowest BCUT2D eigenvalue weighted by atomic mass is 9.82. The van der Waals surface area contributed by atoms with Crippen LogP contribution in [0.2, 0.25) is 0 Å². The third-order valence-corrected chi connectivity index (χ3v) is 6.29. The number of hydrogen-bond donors (Lipinski definition) is 0. The smallest absolute Gasteiger partial charge is 0.0991 e. The van der Waals surface area contributed by atoms with Crippen molar-refractivity contribution in [2.45, 2.75) is 89.8 Å². The predicted octanol–water partition coefficient (Wildman–Crippen LogP) is 7.63. The van der Waals surface area contributed by atoms with Crippen LogP contribution in [0.4, 0.5) is 0 Å². The van der Waals surface area contributed by atoms with Gasteiger partial charge in [0.2, 0.25) is 0 Å². The van der Waals surface area contributed by atoms with Gasteiger partial charge >= 0.3 is 0 Å². The molecular formula is C27H35NO. The first-order chi connectivity index (χ1) is 14.2. The monoisotopic (exact) mass is 389 g/mol. The quantitative estimate of drug-likeness (QED) is 0.413. The molecule has 0 heterocycles. The second kappa shape index (κ2) is 11.2. The van der Waals surface area contributed by atoms with Gasteiger partial charge in [-0.1, -0.05) is 69.0 Å². The largest absolute Gasteiger partial charge is 0.375 e. The molecule has 2 heteroatoms. The molecule has 1 aliphatic carbocycles. The Balaban J connectivity index is 1.46. The lowest BCUT2D eigenvalue weighted by Gasteiger charge is -2.31. The summed E-state index contributed by atoms with van der Waals surface area (Å²) < 4.78 is 6.33. The van der Waals surface area contributed by atoms with Crippen LogP contribution >= 0.6 is 0 Å². The maximum Gasteiger partial charge on any atom is 0.0991 e. The highest BCUT2D eigenvalue weighted by Gasteiger charge is 2.24. The first-order valence-corrected chi connectivity index (χ1v) is 11.5. The van der Waals surface area contributed by atoms with Crippen LogP contribution in [0.5, 0.6) is 0 Å². The van der Waals surface area contributed by atoms with E-state index in [-0.39, 0.29) is 0 Å². The van der Waals surface area contributed by atoms with Crippen LogP contribution in [-0.2, 0) is 4.74 Å². The second-order valence-electron chi connectivity index (χ2n) is 8.58. The Morgan fingerprint density at radius 3 is 2.10 bits per heavy atom. The summed E-state index contributed by atoms with van der Waals surface area (Å²) in [6, 6.07) is 19.0. The van der Waals surface area contributed by atoms with Gasteiger partial charge in [0, 0.05) is 0 Å². The van der Waals surface area contributed by atoms with Crippen LogP contribution in [0, 0.1) is 11.3 Å². The number of unbranched alkanes of at least 4 members (excludes halogenated alkanes) is 3. The highest BCUT2D eigenvalue weighted by Crippen LogP contribution is 2.35. The van der Waals surface area contributed by atoms with Gasteiger partial charge in [-0.15, -0.1) is 0 Å². The van der Waals surface area contributed by atoms with Gasteiger partial charge in [0.1, 0.15) is 0 Å². The fourth-order valence-electron chi connectivity index (χ4n) is 4.47. The number of benzene rings is 2. The average molecular weight is 390 g/mol. The zero-order valence-corrected chi connectivity index (χ0v) is 18.1. The number of hydrogen-bond acceptors (Lipinski definition) is 2. The Kier molecular flexibility index (Phi) is 8.32. The minimum Gasteiger partial charge on any atom is -0.375 e. The van der Waals surface area contributed by atoms with E-state index < -0.39 is 0 Å². The zero-order chi connectivity index (χ0) is 20.5. The maximum absolute atomic E-state index is 8.95. The maximum atomic E-state index is 8.95. The van der Waals surface area contributed by atoms with Gasteiger partial charge in [0.15, 0.2) is 0 Å². The third kappa shape index (κ3) is 6.44. The molecule has 0 radical (unpaired) electrons. The molecule has 1 unspecified atom stereocenters. The Bertz CT molecular complexity index is 764. The molecular weight excluding hydrogens is 354 g/mol. The summed E-state index contributed by atoms with van der Waals surface area (Å²) in [7, 11) is 0. The van der Waals surface area contributed by atoms with Gasteiger partial charge in [-0.3, -0.25) is 0 Å². The van der Waals surface area contributed by atoms with Crippen molar-refractivity contribution in [2.24, 2.45) is 0 Å². The van der Waals surface area contributed by atoms with E-state index in [1.54, 1.807) is 0 Å². The van der Waals surface area contributed by atoms with Crippen molar-refractivity contribution in [3.63, 3.8) is 0 Å². The average Bonchev–Trinajstić information content (AvgIpc) is 2.77. The van der Waals surface area contributed by atoms with Crippen LogP contribution in [0.3, 0.4) is 0 Å². The molecule has 0 bridgehead atoms. The predicted molar refractivity (Wildman–Crippen MR) is 121 cm³/mol. The number of ether oxygens (including phenoxy) is 1. The molecule has 0 aliphatic heterocycles. The lowest BCUT2D eigenvalue weighted by Crippen LogP contribution is -2.25. The molecule has 2 aromatic rings. The summed E-state index contributed by atoms with van der Waals surface area (Å²) >= 11 is 0. The Labute approximate surface area is 176 Å². The molecule has 0 saturated heterocycles. The summed E-state index contributed by atoms with van der Waals surface area (Å²) in [6.45, 7) is 4.51. The summed E-state index contributed by atoms with van der Waals surface area (Å²) in [4.78, 5) is 0. The molecule has 2 aromatic carbocycles. The lowest BCUT2D eigenvalue weighted by molar-refractivity contribution is -0.0276. The highest BCUT2D eigenvalue weighted by molar-refractivity contribution is 5.64. The third-order valence-electron chi connectivity index (χ3n) is 6.29. The van der Waals surface area contributed by atoms with E-state index in [2.05, 4.69) is 44.2 Å². The summed E-state index contributed by atoms with van der Waals surface area (Å²) in [5, 5.41) is 8.95. The second-order valence-corrected chi connectivity index (χ2v) is 8.58. The van der Waals surface area contributed by atoms with E-state index in [1.807, 2.05) is 24.3 Å². The van der Waals surface area contributed by atoms with Gasteiger partial charge < -0.3 is 4.74 Å². The van der Waals surface area contributed by atoms with Gasteiger partial charge in [0.25, 0.3) is 0 Å². The van der Waals surface area contributed by atoms with Gasteiger partial charge in [0.05, 0.1) is 23.8 Å². The van der Waals surface area contributed by atoms with Gasteiger partial charge in [-0.05, 0) is 73.8 Å². The molecule has 29 heavy (non-hydrogen) atoms. The zero-order valence-electron chi connectivity index (χ0n) is 18.1.